The molecular formula is C32H24Cl2FN3O3S. The highest BCUT2D eigenvalue weighted by Crippen LogP contribution is 2.31. The van der Waals surface area contributed by atoms with Crippen molar-refractivity contribution in [2.45, 2.75) is 26.4 Å². The van der Waals surface area contributed by atoms with Crippen molar-refractivity contribution in [1.82, 2.24) is 9.13 Å². The van der Waals surface area contributed by atoms with Crippen LogP contribution < -0.4 is 14.9 Å². The van der Waals surface area contributed by atoms with E-state index in [-0.39, 0.29) is 17.7 Å². The highest BCUT2D eigenvalue weighted by atomic mass is 35.5. The number of aromatic nitrogens is 2. The Hall–Kier alpha value is -3.98. The van der Waals surface area contributed by atoms with E-state index in [0.717, 1.165) is 22.0 Å². The van der Waals surface area contributed by atoms with E-state index in [1.54, 1.807) is 32.0 Å². The van der Waals surface area contributed by atoms with Crippen molar-refractivity contribution in [3.05, 3.63) is 136 Å². The minimum absolute atomic E-state index is 0.169. The molecule has 0 aliphatic carbocycles. The number of benzene rings is 3. The summed E-state index contributed by atoms with van der Waals surface area (Å²) in [6.07, 6.45) is 3.85. The van der Waals surface area contributed by atoms with E-state index in [0.29, 0.717) is 37.2 Å². The molecule has 10 heteroatoms. The van der Waals surface area contributed by atoms with Gasteiger partial charge < -0.3 is 9.30 Å². The first-order valence-electron chi connectivity index (χ1n) is 13.2. The number of hydrogen-bond donors (Lipinski definition) is 0. The Labute approximate surface area is 254 Å². The van der Waals surface area contributed by atoms with Crippen molar-refractivity contribution in [1.29, 1.82) is 0 Å². The first kappa shape index (κ1) is 28.2. The third kappa shape index (κ3) is 5.11. The zero-order valence-electron chi connectivity index (χ0n) is 22.6. The highest BCUT2D eigenvalue weighted by molar-refractivity contribution is 7.07. The second-order valence-electron chi connectivity index (χ2n) is 9.83. The number of ether oxygens (including phenoxy) is 1. The van der Waals surface area contributed by atoms with Crippen molar-refractivity contribution < 1.29 is 13.9 Å². The Balaban J connectivity index is 1.50. The van der Waals surface area contributed by atoms with Gasteiger partial charge in [0.25, 0.3) is 5.56 Å². The van der Waals surface area contributed by atoms with Crippen LogP contribution in [0.2, 0.25) is 10.0 Å². The topological polar surface area (TPSA) is 65.6 Å². The summed E-state index contributed by atoms with van der Waals surface area (Å²) in [5.41, 5.74) is 3.82. The van der Waals surface area contributed by atoms with Crippen LogP contribution in [0, 0.1) is 5.82 Å². The van der Waals surface area contributed by atoms with Gasteiger partial charge in [0.05, 0.1) is 38.5 Å². The van der Waals surface area contributed by atoms with Gasteiger partial charge in [-0.1, -0.05) is 70.9 Å². The maximum atomic E-state index is 14.0. The second kappa shape index (κ2) is 11.4. The minimum atomic E-state index is -0.806. The van der Waals surface area contributed by atoms with Crippen molar-refractivity contribution >= 4 is 57.5 Å². The van der Waals surface area contributed by atoms with Crippen LogP contribution in [0.5, 0.6) is 0 Å². The Kier molecular flexibility index (Phi) is 7.62. The summed E-state index contributed by atoms with van der Waals surface area (Å²) in [5, 5.41) is 1.95. The predicted molar refractivity (Wildman–Crippen MR) is 164 cm³/mol. The molecule has 1 aliphatic rings. The maximum absolute atomic E-state index is 14.0. The summed E-state index contributed by atoms with van der Waals surface area (Å²) in [6.45, 7) is 4.16. The molecule has 0 fully saturated rings. The molecule has 0 bridgehead atoms. The number of allylic oxidation sites excluding steroid dienone is 1. The van der Waals surface area contributed by atoms with Gasteiger partial charge in [-0.2, -0.15) is 0 Å². The van der Waals surface area contributed by atoms with E-state index in [1.807, 2.05) is 48.7 Å². The SMILES string of the molecule is CCOC(=O)C1=C(C)N=c2s/c(=C\c3cn(Cc4ccc(Cl)c(Cl)c4)c4ccccc34)c(=O)n2[C@@H]1c1ccc(F)cc1. The Morgan fingerprint density at radius 2 is 1.86 bits per heavy atom. The lowest BCUT2D eigenvalue weighted by Crippen LogP contribution is -2.39. The molecule has 6 rings (SSSR count). The third-order valence-electron chi connectivity index (χ3n) is 7.15. The molecule has 0 radical (unpaired) electrons. The normalized spacial score (nSPS) is 15.2. The van der Waals surface area contributed by atoms with E-state index in [1.165, 1.54) is 28.0 Å². The van der Waals surface area contributed by atoms with Gasteiger partial charge in [0, 0.05) is 29.2 Å². The molecule has 0 saturated heterocycles. The van der Waals surface area contributed by atoms with Crippen molar-refractivity contribution in [2.24, 2.45) is 4.99 Å². The van der Waals surface area contributed by atoms with Crippen LogP contribution in [0.15, 0.2) is 94.0 Å². The lowest BCUT2D eigenvalue weighted by molar-refractivity contribution is -0.139. The monoisotopic (exact) mass is 619 g/mol. The average Bonchev–Trinajstić information content (AvgIpc) is 3.47. The summed E-state index contributed by atoms with van der Waals surface area (Å²) in [7, 11) is 0. The summed E-state index contributed by atoms with van der Waals surface area (Å²) in [4.78, 5) is 32.1. The first-order valence-corrected chi connectivity index (χ1v) is 14.8. The number of carbonyl (C=O) groups is 1. The smallest absolute Gasteiger partial charge is 0.338 e. The number of carbonyl (C=O) groups excluding carboxylic acids is 1. The lowest BCUT2D eigenvalue weighted by atomic mass is 9.96. The first-order chi connectivity index (χ1) is 20.2. The summed E-state index contributed by atoms with van der Waals surface area (Å²) < 4.78 is 23.2. The number of hydrogen-bond acceptors (Lipinski definition) is 5. The zero-order valence-corrected chi connectivity index (χ0v) is 24.9. The van der Waals surface area contributed by atoms with E-state index in [9.17, 15) is 14.0 Å². The summed E-state index contributed by atoms with van der Waals surface area (Å²) in [6, 6.07) is 18.5. The standard InChI is InChI=1S/C32H24Cl2FN3O3S/c1-3-41-31(40)28-18(2)36-32-38(29(28)20-9-11-22(35)12-10-20)30(39)27(42-32)15-21-17-37(26-7-5-4-6-23(21)26)16-19-8-13-24(33)25(34)14-19/h4-15,17,29H,3,16H2,1-2H3/b27-15-/t29-/m1/s1. The van der Waals surface area contributed by atoms with Gasteiger partial charge in [0.1, 0.15) is 5.82 Å². The molecule has 6 nitrogen and oxygen atoms in total. The van der Waals surface area contributed by atoms with Crippen LogP contribution in [0.1, 0.15) is 36.6 Å². The van der Waals surface area contributed by atoms with E-state index >= 15 is 0 Å². The fraction of sp³-hybridized carbons (Fsp3) is 0.156. The molecule has 3 aromatic carbocycles. The Morgan fingerprint density at radius 3 is 2.60 bits per heavy atom. The van der Waals surface area contributed by atoms with Gasteiger partial charge in [-0.25, -0.2) is 14.2 Å². The minimum Gasteiger partial charge on any atom is -0.463 e. The summed E-state index contributed by atoms with van der Waals surface area (Å²) in [5.74, 6) is -0.977. The molecule has 42 heavy (non-hydrogen) atoms. The van der Waals surface area contributed by atoms with Gasteiger partial charge in [0.15, 0.2) is 4.80 Å². The number of para-hydroxylation sites is 1. The van der Waals surface area contributed by atoms with E-state index < -0.39 is 17.8 Å². The third-order valence-corrected chi connectivity index (χ3v) is 8.87. The number of nitrogens with zero attached hydrogens (tertiary/aromatic N) is 3. The molecule has 1 aliphatic heterocycles. The van der Waals surface area contributed by atoms with Crippen LogP contribution in [-0.2, 0) is 16.1 Å². The van der Waals surface area contributed by atoms with Crippen molar-refractivity contribution in [2.75, 3.05) is 6.61 Å². The van der Waals surface area contributed by atoms with Crippen LogP contribution in [0.3, 0.4) is 0 Å². The molecule has 3 heterocycles. The number of esters is 1. The average molecular weight is 621 g/mol. The highest BCUT2D eigenvalue weighted by Gasteiger charge is 2.33. The molecule has 5 aromatic rings. The van der Waals surface area contributed by atoms with E-state index in [4.69, 9.17) is 27.9 Å². The predicted octanol–water partition coefficient (Wildman–Crippen LogP) is 6.25. The fourth-order valence-electron chi connectivity index (χ4n) is 5.25. The van der Waals surface area contributed by atoms with E-state index in [2.05, 4.69) is 9.56 Å². The molecule has 0 unspecified atom stereocenters. The lowest BCUT2D eigenvalue weighted by Gasteiger charge is -2.24. The van der Waals surface area contributed by atoms with Crippen LogP contribution in [0.4, 0.5) is 4.39 Å². The molecule has 212 valence electrons. The van der Waals surface area contributed by atoms with Gasteiger partial charge >= 0.3 is 5.97 Å². The molecule has 2 aromatic heterocycles. The van der Waals surface area contributed by atoms with Gasteiger partial charge in [0.2, 0.25) is 0 Å². The Bertz CT molecular complexity index is 2080. The van der Waals surface area contributed by atoms with Gasteiger partial charge in [-0.3, -0.25) is 9.36 Å². The van der Waals surface area contributed by atoms with Gasteiger partial charge in [-0.05, 0) is 61.4 Å². The fourth-order valence-corrected chi connectivity index (χ4v) is 6.61. The van der Waals surface area contributed by atoms with Crippen molar-refractivity contribution in [3.63, 3.8) is 0 Å². The molecule has 0 N–H and O–H groups in total. The number of thiazole rings is 1. The molecule has 0 amide bonds. The van der Waals surface area contributed by atoms with Crippen LogP contribution in [0.25, 0.3) is 17.0 Å². The maximum Gasteiger partial charge on any atom is 0.338 e. The summed E-state index contributed by atoms with van der Waals surface area (Å²) >= 11 is 13.6. The number of rotatable bonds is 6. The zero-order chi connectivity index (χ0) is 29.5. The second-order valence-corrected chi connectivity index (χ2v) is 11.7. The number of halogens is 3. The molecule has 0 saturated carbocycles. The molecular weight excluding hydrogens is 596 g/mol. The quantitative estimate of drug-likeness (QED) is 0.211. The molecule has 0 spiro atoms. The van der Waals surface area contributed by atoms with Crippen LogP contribution in [-0.4, -0.2) is 21.7 Å². The Morgan fingerprint density at radius 1 is 1.10 bits per heavy atom. The van der Waals surface area contributed by atoms with Crippen molar-refractivity contribution in [3.8, 4) is 0 Å². The van der Waals surface area contributed by atoms with Gasteiger partial charge in [-0.15, -0.1) is 0 Å². The molecule has 1 atom stereocenters. The van der Waals surface area contributed by atoms with Crippen LogP contribution >= 0.6 is 34.5 Å². The largest absolute Gasteiger partial charge is 0.463 e. The number of fused-ring (bicyclic) bond motifs is 2.